The molecule has 1 aliphatic heterocycles. The van der Waals surface area contributed by atoms with Gasteiger partial charge in [0.25, 0.3) is 0 Å². The van der Waals surface area contributed by atoms with E-state index in [0.29, 0.717) is 19.4 Å². The van der Waals surface area contributed by atoms with Crippen LogP contribution in [-0.4, -0.2) is 58.4 Å². The molecule has 1 heterocycles. The van der Waals surface area contributed by atoms with Crippen molar-refractivity contribution in [3.63, 3.8) is 0 Å². The molecule has 3 aliphatic rings. The van der Waals surface area contributed by atoms with Crippen molar-refractivity contribution < 1.29 is 28.6 Å². The molecule has 8 heteroatoms. The summed E-state index contributed by atoms with van der Waals surface area (Å²) in [5, 5.41) is 12.5. The van der Waals surface area contributed by atoms with Crippen LogP contribution in [0.3, 0.4) is 0 Å². The maximum absolute atomic E-state index is 14.3. The fourth-order valence-corrected chi connectivity index (χ4v) is 5.49. The zero-order valence-corrected chi connectivity index (χ0v) is 18.1. The van der Waals surface area contributed by atoms with Crippen LogP contribution in [0.1, 0.15) is 54.4 Å². The molecule has 3 fully saturated rings. The van der Waals surface area contributed by atoms with Gasteiger partial charge in [-0.1, -0.05) is 20.8 Å². The van der Waals surface area contributed by atoms with E-state index >= 15 is 0 Å². The molecule has 2 N–H and O–H groups in total. The molecule has 0 aromatic rings. The van der Waals surface area contributed by atoms with E-state index in [1.54, 1.807) is 41.5 Å². The van der Waals surface area contributed by atoms with Crippen LogP contribution in [-0.2, 0) is 14.3 Å². The summed E-state index contributed by atoms with van der Waals surface area (Å²) in [4.78, 5) is 39.2. The normalized spacial score (nSPS) is 34.7. The van der Waals surface area contributed by atoms with E-state index in [9.17, 15) is 23.9 Å². The van der Waals surface area contributed by atoms with Crippen molar-refractivity contribution >= 4 is 18.0 Å². The van der Waals surface area contributed by atoms with Gasteiger partial charge in [-0.15, -0.1) is 0 Å². The number of alkyl halides is 1. The number of carbonyl (C=O) groups excluding carboxylic acids is 2. The van der Waals surface area contributed by atoms with Crippen LogP contribution < -0.4 is 5.32 Å². The van der Waals surface area contributed by atoms with E-state index in [0.717, 1.165) is 0 Å². The van der Waals surface area contributed by atoms with E-state index in [1.165, 1.54) is 4.90 Å². The Hall–Kier alpha value is -1.86. The largest absolute Gasteiger partial charge is 0.480 e. The van der Waals surface area contributed by atoms with Crippen molar-refractivity contribution in [1.82, 2.24) is 10.2 Å². The van der Waals surface area contributed by atoms with Gasteiger partial charge in [0.15, 0.2) is 0 Å². The number of carboxylic acid groups (broad SMARTS) is 1. The van der Waals surface area contributed by atoms with Gasteiger partial charge in [-0.3, -0.25) is 4.79 Å². The number of carboxylic acids is 1. The molecule has 0 aromatic carbocycles. The molecule has 1 saturated heterocycles. The van der Waals surface area contributed by atoms with Crippen molar-refractivity contribution in [3.05, 3.63) is 0 Å². The molecule has 0 radical (unpaired) electrons. The Morgan fingerprint density at radius 3 is 2.24 bits per heavy atom. The van der Waals surface area contributed by atoms with Crippen LogP contribution in [0.25, 0.3) is 0 Å². The quantitative estimate of drug-likeness (QED) is 0.743. The minimum Gasteiger partial charge on any atom is -0.480 e. The third-order valence-corrected chi connectivity index (χ3v) is 6.58. The maximum Gasteiger partial charge on any atom is 0.408 e. The van der Waals surface area contributed by atoms with E-state index in [2.05, 4.69) is 5.32 Å². The lowest BCUT2D eigenvalue weighted by Gasteiger charge is -2.36. The number of amides is 2. The summed E-state index contributed by atoms with van der Waals surface area (Å²) >= 11 is 0. The first-order chi connectivity index (χ1) is 13.2. The van der Waals surface area contributed by atoms with E-state index in [-0.39, 0.29) is 23.7 Å². The average molecular weight is 413 g/mol. The van der Waals surface area contributed by atoms with Crippen molar-refractivity contribution in [2.24, 2.45) is 29.1 Å². The number of fused-ring (bicyclic) bond motifs is 5. The Bertz CT molecular complexity index is 698. The number of rotatable bonds is 3. The van der Waals surface area contributed by atoms with Gasteiger partial charge in [-0.25, -0.2) is 14.0 Å². The summed E-state index contributed by atoms with van der Waals surface area (Å²) < 4.78 is 19.6. The SMILES string of the molecule is CC(C)(C)OC(=O)N[C@H](C(=O)N1C[C@@H]2[C@H]3C[C@@H]([C@@H]2[C@H]1C(=O)O)[C@H](F)C3)C(C)(C)C. The summed E-state index contributed by atoms with van der Waals surface area (Å²) in [5.74, 6) is -2.05. The highest BCUT2D eigenvalue weighted by Crippen LogP contribution is 2.58. The lowest BCUT2D eigenvalue weighted by molar-refractivity contribution is -0.152. The molecule has 2 bridgehead atoms. The molecule has 3 rings (SSSR count). The molecule has 7 nitrogen and oxygen atoms in total. The number of likely N-dealkylation sites (tertiary alicyclic amines) is 1. The molecule has 7 atom stereocenters. The Morgan fingerprint density at radius 1 is 1.10 bits per heavy atom. The van der Waals surface area contributed by atoms with Crippen LogP contribution in [0, 0.1) is 29.1 Å². The maximum atomic E-state index is 14.3. The molecule has 2 aliphatic carbocycles. The number of halogens is 1. The lowest BCUT2D eigenvalue weighted by Crippen LogP contribution is -2.58. The van der Waals surface area contributed by atoms with Crippen molar-refractivity contribution in [2.45, 2.75) is 78.2 Å². The number of nitrogens with zero attached hydrogens (tertiary/aromatic N) is 1. The van der Waals surface area contributed by atoms with E-state index in [1.807, 2.05) is 0 Å². The van der Waals surface area contributed by atoms with Crippen LogP contribution in [0.5, 0.6) is 0 Å². The molecule has 164 valence electrons. The fraction of sp³-hybridized carbons (Fsp3) is 0.857. The molecule has 29 heavy (non-hydrogen) atoms. The second kappa shape index (κ2) is 7.13. The Labute approximate surface area is 171 Å². The van der Waals surface area contributed by atoms with Crippen LogP contribution in [0.15, 0.2) is 0 Å². The molecule has 0 unspecified atom stereocenters. The summed E-state index contributed by atoms with van der Waals surface area (Å²) in [6, 6.07) is -2.00. The van der Waals surface area contributed by atoms with Crippen molar-refractivity contribution in [2.75, 3.05) is 6.54 Å². The first-order valence-corrected chi connectivity index (χ1v) is 10.4. The zero-order chi connectivity index (χ0) is 21.9. The van der Waals surface area contributed by atoms with Gasteiger partial charge in [0, 0.05) is 12.5 Å². The van der Waals surface area contributed by atoms with Crippen LogP contribution >= 0.6 is 0 Å². The number of nitrogens with one attached hydrogen (secondary N) is 1. The number of hydrogen-bond acceptors (Lipinski definition) is 4. The standard InChI is InChI=1S/C21H33FN2O5/c1-20(2,3)16(23-19(28)29-21(4,5)6)17(25)24-9-12-10-7-11(13(22)8-10)14(12)15(24)18(26)27/h10-16H,7-9H2,1-6H3,(H,23,28)(H,26,27)/t10-,11+,12+,13+,14-,15-,16+/m0/s1. The summed E-state index contributed by atoms with van der Waals surface area (Å²) in [5.41, 5.74) is -1.38. The van der Waals surface area contributed by atoms with Gasteiger partial charge in [-0.05, 0) is 56.8 Å². The molecule has 2 saturated carbocycles. The first kappa shape index (κ1) is 21.8. The molecular formula is C21H33FN2O5. The second-order valence-electron chi connectivity index (χ2n) is 10.9. The van der Waals surface area contributed by atoms with Crippen molar-refractivity contribution in [3.8, 4) is 0 Å². The lowest BCUT2D eigenvalue weighted by atomic mass is 9.77. The fourth-order valence-electron chi connectivity index (χ4n) is 5.49. The first-order valence-electron chi connectivity index (χ1n) is 10.4. The monoisotopic (exact) mass is 412 g/mol. The number of carbonyl (C=O) groups is 3. The average Bonchev–Trinajstić information content (AvgIpc) is 3.17. The van der Waals surface area contributed by atoms with Gasteiger partial charge >= 0.3 is 12.1 Å². The summed E-state index contributed by atoms with van der Waals surface area (Å²) in [6.07, 6.45) is -0.544. The highest BCUT2D eigenvalue weighted by molar-refractivity contribution is 5.90. The van der Waals surface area contributed by atoms with Gasteiger partial charge in [-0.2, -0.15) is 0 Å². The number of hydrogen-bond donors (Lipinski definition) is 2. The Balaban J connectivity index is 1.84. The van der Waals surface area contributed by atoms with Gasteiger partial charge < -0.3 is 20.1 Å². The molecule has 0 aromatic heterocycles. The van der Waals surface area contributed by atoms with Crippen molar-refractivity contribution in [1.29, 1.82) is 0 Å². The van der Waals surface area contributed by atoms with Gasteiger partial charge in [0.1, 0.15) is 23.9 Å². The summed E-state index contributed by atoms with van der Waals surface area (Å²) in [7, 11) is 0. The van der Waals surface area contributed by atoms with Gasteiger partial charge in [0.05, 0.1) is 0 Å². The number of ether oxygens (including phenoxy) is 1. The number of aliphatic carboxylic acids is 1. The topological polar surface area (TPSA) is 95.9 Å². The number of alkyl carbamates (subject to hydrolysis) is 1. The van der Waals surface area contributed by atoms with Crippen LogP contribution in [0.2, 0.25) is 0 Å². The molecule has 2 amide bonds. The Kier molecular flexibility index (Phi) is 5.37. The third-order valence-electron chi connectivity index (χ3n) is 6.58. The minimum absolute atomic E-state index is 0.0131. The second-order valence-corrected chi connectivity index (χ2v) is 10.9. The molecule has 0 spiro atoms. The third kappa shape index (κ3) is 4.08. The predicted octanol–water partition coefficient (Wildman–Crippen LogP) is 2.83. The minimum atomic E-state index is -1.10. The summed E-state index contributed by atoms with van der Waals surface area (Å²) in [6.45, 7) is 10.9. The van der Waals surface area contributed by atoms with Crippen LogP contribution in [0.4, 0.5) is 9.18 Å². The highest BCUT2D eigenvalue weighted by Gasteiger charge is 2.63. The smallest absolute Gasteiger partial charge is 0.408 e. The predicted molar refractivity (Wildman–Crippen MR) is 104 cm³/mol. The van der Waals surface area contributed by atoms with Gasteiger partial charge in [0.2, 0.25) is 5.91 Å². The highest BCUT2D eigenvalue weighted by atomic mass is 19.1. The zero-order valence-electron chi connectivity index (χ0n) is 18.1. The van der Waals surface area contributed by atoms with E-state index in [4.69, 9.17) is 4.74 Å². The molecular weight excluding hydrogens is 379 g/mol. The Morgan fingerprint density at radius 2 is 1.72 bits per heavy atom. The van der Waals surface area contributed by atoms with E-state index < -0.39 is 47.2 Å².